The van der Waals surface area contributed by atoms with Gasteiger partial charge in [-0.05, 0) is 70.6 Å². The van der Waals surface area contributed by atoms with Crippen molar-refractivity contribution >= 4 is 11.9 Å². The monoisotopic (exact) mass is 852 g/mol. The molecule has 0 spiro atoms. The van der Waals surface area contributed by atoms with E-state index in [9.17, 15) is 19.8 Å². The van der Waals surface area contributed by atoms with Crippen LogP contribution in [-0.2, 0) is 14.3 Å². The van der Waals surface area contributed by atoms with Gasteiger partial charge in [0.05, 0.1) is 25.2 Å². The number of amides is 1. The van der Waals surface area contributed by atoms with Crippen molar-refractivity contribution < 1.29 is 24.5 Å². The largest absolute Gasteiger partial charge is 0.462 e. The van der Waals surface area contributed by atoms with Crippen molar-refractivity contribution in [2.24, 2.45) is 0 Å². The Morgan fingerprint density at radius 1 is 0.508 bits per heavy atom. The number of carbonyl (C=O) groups is 2. The summed E-state index contributed by atoms with van der Waals surface area (Å²) in [6.45, 7) is 6.23. The van der Waals surface area contributed by atoms with Crippen molar-refractivity contribution in [2.75, 3.05) is 6.61 Å². The van der Waals surface area contributed by atoms with Gasteiger partial charge in [0.2, 0.25) is 5.91 Å². The molecule has 0 heterocycles. The smallest absolute Gasteiger partial charge is 0.306 e. The first-order valence-electron chi connectivity index (χ1n) is 25.7. The van der Waals surface area contributed by atoms with E-state index in [0.717, 1.165) is 96.3 Å². The van der Waals surface area contributed by atoms with Gasteiger partial charge in [-0.1, -0.05) is 229 Å². The Morgan fingerprint density at radius 2 is 0.967 bits per heavy atom. The highest BCUT2D eigenvalue weighted by molar-refractivity contribution is 5.77. The number of rotatable bonds is 45. The summed E-state index contributed by atoms with van der Waals surface area (Å²) in [5.41, 5.74) is 0. The number of allylic oxidation sites excluding steroid dienone is 12. The summed E-state index contributed by atoms with van der Waals surface area (Å²) >= 11 is 0. The molecule has 3 N–H and O–H groups in total. The number of aliphatic hydroxyl groups excluding tert-OH is 2. The standard InChI is InChI=1S/C55H97NO5/c1-4-7-10-13-16-19-22-25-26-27-28-30-32-35-38-41-44-47-53(58)52(50-57)56-54(59)49-51(46-43-40-37-34-31-24-21-18-15-12-9-6-3)61-55(60)48-45-42-39-36-33-29-23-20-17-14-11-8-5-2/h8-9,11-12,14,17-18,20-21,23,29,33,51-53,57-58H,4-7,10,13,15-16,19,22,24-28,30-32,34-50H2,1-3H3,(H,56,59)/b11-8+,12-9+,17-14+,21-18+,23-20-,33-29-. The number of carbonyl (C=O) groups excluding carboxylic acids is 2. The van der Waals surface area contributed by atoms with Crippen LogP contribution in [0.4, 0.5) is 0 Å². The molecule has 6 nitrogen and oxygen atoms in total. The quantitative estimate of drug-likeness (QED) is 0.0245. The van der Waals surface area contributed by atoms with Crippen LogP contribution in [0.25, 0.3) is 0 Å². The molecule has 0 aliphatic heterocycles. The number of hydrogen-bond donors (Lipinski definition) is 3. The van der Waals surface area contributed by atoms with Gasteiger partial charge in [-0.15, -0.1) is 0 Å². The van der Waals surface area contributed by atoms with E-state index in [1.807, 2.05) is 30.4 Å². The zero-order valence-electron chi connectivity index (χ0n) is 40.0. The fourth-order valence-corrected chi connectivity index (χ4v) is 7.54. The molecule has 3 unspecified atom stereocenters. The molecule has 0 aromatic carbocycles. The Labute approximate surface area is 377 Å². The molecule has 352 valence electrons. The van der Waals surface area contributed by atoms with Crippen molar-refractivity contribution in [2.45, 2.75) is 257 Å². The van der Waals surface area contributed by atoms with Gasteiger partial charge in [0.25, 0.3) is 0 Å². The SMILES string of the molecule is CC/C=C/C=C/C=C\C=C/CCCCCC(=O)OC(CCCCCCC/C=C/C/C=C/CC)CC(=O)NC(CO)C(O)CCCCCCCCCCCCCCCCCCC. The van der Waals surface area contributed by atoms with Gasteiger partial charge in [-0.25, -0.2) is 0 Å². The summed E-state index contributed by atoms with van der Waals surface area (Å²) in [6.07, 6.45) is 61.1. The number of esters is 1. The summed E-state index contributed by atoms with van der Waals surface area (Å²) in [7, 11) is 0. The molecule has 0 bridgehead atoms. The van der Waals surface area contributed by atoms with E-state index in [1.165, 1.54) is 96.3 Å². The van der Waals surface area contributed by atoms with Gasteiger partial charge in [0.15, 0.2) is 0 Å². The molecule has 0 saturated heterocycles. The highest BCUT2D eigenvalue weighted by atomic mass is 16.5. The summed E-state index contributed by atoms with van der Waals surface area (Å²) in [6, 6.07) is -0.717. The second kappa shape index (κ2) is 48.3. The van der Waals surface area contributed by atoms with Gasteiger partial charge in [-0.3, -0.25) is 9.59 Å². The Morgan fingerprint density at radius 3 is 1.52 bits per heavy atom. The van der Waals surface area contributed by atoms with E-state index >= 15 is 0 Å². The third-order valence-corrected chi connectivity index (χ3v) is 11.4. The second-order valence-corrected chi connectivity index (χ2v) is 17.3. The van der Waals surface area contributed by atoms with Crippen LogP contribution < -0.4 is 5.32 Å². The maximum atomic E-state index is 13.2. The Hall–Kier alpha value is -2.70. The van der Waals surface area contributed by atoms with Crippen molar-refractivity contribution in [3.63, 3.8) is 0 Å². The summed E-state index contributed by atoms with van der Waals surface area (Å²) in [4.78, 5) is 26.1. The van der Waals surface area contributed by atoms with Gasteiger partial charge < -0.3 is 20.3 Å². The van der Waals surface area contributed by atoms with E-state index in [2.05, 4.69) is 68.6 Å². The van der Waals surface area contributed by atoms with E-state index in [-0.39, 0.29) is 24.9 Å². The molecule has 0 radical (unpaired) electrons. The minimum absolute atomic E-state index is 0.0494. The zero-order valence-corrected chi connectivity index (χ0v) is 40.0. The first-order chi connectivity index (χ1) is 30.0. The second-order valence-electron chi connectivity index (χ2n) is 17.3. The van der Waals surface area contributed by atoms with E-state index in [4.69, 9.17) is 4.74 Å². The number of nitrogens with one attached hydrogen (secondary N) is 1. The minimum atomic E-state index is -0.801. The highest BCUT2D eigenvalue weighted by Crippen LogP contribution is 2.18. The Kier molecular flexibility index (Phi) is 46.2. The molecule has 61 heavy (non-hydrogen) atoms. The maximum Gasteiger partial charge on any atom is 0.306 e. The predicted molar refractivity (Wildman–Crippen MR) is 264 cm³/mol. The number of hydrogen-bond acceptors (Lipinski definition) is 5. The molecule has 6 heteroatoms. The fraction of sp³-hybridized carbons (Fsp3) is 0.745. The topological polar surface area (TPSA) is 95.9 Å². The third-order valence-electron chi connectivity index (χ3n) is 11.4. The molecular weight excluding hydrogens is 755 g/mol. The lowest BCUT2D eigenvalue weighted by molar-refractivity contribution is -0.151. The van der Waals surface area contributed by atoms with Gasteiger partial charge in [-0.2, -0.15) is 0 Å². The molecular formula is C55H97NO5. The van der Waals surface area contributed by atoms with E-state index in [0.29, 0.717) is 19.3 Å². The van der Waals surface area contributed by atoms with Crippen LogP contribution >= 0.6 is 0 Å². The van der Waals surface area contributed by atoms with Crippen LogP contribution in [-0.4, -0.2) is 46.9 Å². The first-order valence-corrected chi connectivity index (χ1v) is 25.7. The summed E-state index contributed by atoms with van der Waals surface area (Å²) < 4.78 is 5.90. The molecule has 0 rings (SSSR count). The normalized spacial score (nSPS) is 13.9. The van der Waals surface area contributed by atoms with Gasteiger partial charge in [0.1, 0.15) is 6.10 Å². The van der Waals surface area contributed by atoms with Crippen LogP contribution in [0.15, 0.2) is 72.9 Å². The van der Waals surface area contributed by atoms with Crippen LogP contribution in [0.3, 0.4) is 0 Å². The van der Waals surface area contributed by atoms with Crippen molar-refractivity contribution in [3.05, 3.63) is 72.9 Å². The Bertz CT molecular complexity index is 1140. The fourth-order valence-electron chi connectivity index (χ4n) is 7.54. The van der Waals surface area contributed by atoms with Crippen LogP contribution in [0, 0.1) is 0 Å². The van der Waals surface area contributed by atoms with Crippen molar-refractivity contribution in [1.82, 2.24) is 5.32 Å². The number of unbranched alkanes of at least 4 members (excludes halogenated alkanes) is 24. The molecule has 1 amide bonds. The molecule has 0 aliphatic rings. The van der Waals surface area contributed by atoms with Crippen LogP contribution in [0.1, 0.15) is 239 Å². The molecule has 0 aromatic heterocycles. The molecule has 0 aromatic rings. The average Bonchev–Trinajstić information content (AvgIpc) is 3.25. The molecule has 3 atom stereocenters. The zero-order chi connectivity index (χ0) is 44.5. The van der Waals surface area contributed by atoms with E-state index < -0.39 is 18.2 Å². The van der Waals surface area contributed by atoms with Crippen LogP contribution in [0.5, 0.6) is 0 Å². The van der Waals surface area contributed by atoms with Crippen molar-refractivity contribution in [1.29, 1.82) is 0 Å². The summed E-state index contributed by atoms with van der Waals surface area (Å²) in [5, 5.41) is 23.8. The average molecular weight is 852 g/mol. The lowest BCUT2D eigenvalue weighted by atomic mass is 10.0. The number of aliphatic hydroxyl groups is 2. The maximum absolute atomic E-state index is 13.2. The molecule has 0 fully saturated rings. The minimum Gasteiger partial charge on any atom is -0.462 e. The lowest BCUT2D eigenvalue weighted by Gasteiger charge is -2.24. The predicted octanol–water partition coefficient (Wildman–Crippen LogP) is 15.4. The Balaban J connectivity index is 4.57. The lowest BCUT2D eigenvalue weighted by Crippen LogP contribution is -2.46. The molecule has 0 saturated carbocycles. The summed E-state index contributed by atoms with van der Waals surface area (Å²) in [5.74, 6) is -0.536. The van der Waals surface area contributed by atoms with Crippen molar-refractivity contribution in [3.8, 4) is 0 Å². The van der Waals surface area contributed by atoms with Gasteiger partial charge in [0, 0.05) is 6.42 Å². The van der Waals surface area contributed by atoms with Crippen LogP contribution in [0.2, 0.25) is 0 Å². The highest BCUT2D eigenvalue weighted by Gasteiger charge is 2.24. The molecule has 0 aliphatic carbocycles. The van der Waals surface area contributed by atoms with Gasteiger partial charge >= 0.3 is 5.97 Å². The number of ether oxygens (including phenoxy) is 1. The third kappa shape index (κ3) is 43.7. The first kappa shape index (κ1) is 58.3. The van der Waals surface area contributed by atoms with E-state index in [1.54, 1.807) is 0 Å².